The van der Waals surface area contributed by atoms with E-state index >= 15 is 0 Å². The Kier molecular flexibility index (Phi) is 3.61. The average molecular weight is 260 g/mol. The van der Waals surface area contributed by atoms with Crippen LogP contribution in [0.15, 0.2) is 34.8 Å². The summed E-state index contributed by atoms with van der Waals surface area (Å²) in [4.78, 5) is 25.9. The lowest BCUT2D eigenvalue weighted by Gasteiger charge is -2.00. The van der Waals surface area contributed by atoms with E-state index in [1.165, 1.54) is 0 Å². The fourth-order valence-corrected chi connectivity index (χ4v) is 1.54. The molecule has 0 atom stereocenters. The normalized spacial score (nSPS) is 11.0. The molecule has 0 aliphatic carbocycles. The van der Waals surface area contributed by atoms with E-state index in [1.54, 1.807) is 18.2 Å². The Morgan fingerprint density at radius 1 is 1.42 bits per heavy atom. The zero-order valence-electron chi connectivity index (χ0n) is 10.2. The number of hydrogen-bond acceptors (Lipinski definition) is 4. The number of amides is 1. The van der Waals surface area contributed by atoms with E-state index in [9.17, 15) is 9.59 Å². The molecule has 2 aromatic rings. The van der Waals surface area contributed by atoms with Gasteiger partial charge in [-0.2, -0.15) is 0 Å². The number of aromatic nitrogens is 1. The molecule has 0 fully saturated rings. The van der Waals surface area contributed by atoms with Gasteiger partial charge in [0.2, 0.25) is 5.91 Å². The monoisotopic (exact) mass is 260 g/mol. The number of anilines is 1. The van der Waals surface area contributed by atoms with Crippen molar-refractivity contribution in [3.8, 4) is 0 Å². The van der Waals surface area contributed by atoms with Gasteiger partial charge in [-0.05, 0) is 18.2 Å². The zero-order valence-corrected chi connectivity index (χ0v) is 10.2. The molecule has 0 bridgehead atoms. The highest BCUT2D eigenvalue weighted by Gasteiger charge is 2.06. The number of nitrogens with one attached hydrogen (secondary N) is 1. The molecule has 6 nitrogen and oxygen atoms in total. The first kappa shape index (κ1) is 12.8. The summed E-state index contributed by atoms with van der Waals surface area (Å²) in [6.45, 7) is 1.93. The van der Waals surface area contributed by atoms with Crippen LogP contribution in [0, 0.1) is 0 Å². The van der Waals surface area contributed by atoms with Crippen LogP contribution >= 0.6 is 0 Å². The molecule has 0 radical (unpaired) electrons. The molecule has 2 rings (SSSR count). The molecular weight excluding hydrogens is 248 g/mol. The highest BCUT2D eigenvalue weighted by atomic mass is 16.4. The first-order chi connectivity index (χ1) is 9.08. The first-order valence-corrected chi connectivity index (χ1v) is 5.70. The van der Waals surface area contributed by atoms with Crippen LogP contribution in [0.5, 0.6) is 0 Å². The summed E-state index contributed by atoms with van der Waals surface area (Å²) in [6.07, 6.45) is 2.42. The van der Waals surface area contributed by atoms with Crippen LogP contribution in [-0.4, -0.2) is 22.0 Å². The number of aliphatic carboxylic acids is 1. The Morgan fingerprint density at radius 3 is 2.89 bits per heavy atom. The molecule has 0 spiro atoms. The number of carbonyl (C=O) groups is 2. The zero-order chi connectivity index (χ0) is 13.8. The number of rotatable bonds is 4. The lowest BCUT2D eigenvalue weighted by Crippen LogP contribution is -2.08. The molecule has 0 aliphatic rings. The number of aryl methyl sites for hydroxylation is 1. The Morgan fingerprint density at radius 2 is 2.21 bits per heavy atom. The number of nitrogens with zero attached hydrogens (tertiary/aromatic N) is 1. The van der Waals surface area contributed by atoms with Gasteiger partial charge in [0.15, 0.2) is 11.5 Å². The van der Waals surface area contributed by atoms with Crippen molar-refractivity contribution in [2.75, 3.05) is 5.32 Å². The summed E-state index contributed by atoms with van der Waals surface area (Å²) in [7, 11) is 0. The van der Waals surface area contributed by atoms with E-state index in [2.05, 4.69) is 10.3 Å². The SMILES string of the molecule is CCc1nc2cc(NC(=O)/C=C/C(=O)O)ccc2o1. The molecule has 1 amide bonds. The van der Waals surface area contributed by atoms with Gasteiger partial charge in [0, 0.05) is 24.3 Å². The Labute approximate surface area is 108 Å². The van der Waals surface area contributed by atoms with Crippen molar-refractivity contribution in [1.29, 1.82) is 0 Å². The standard InChI is InChI=1S/C13H12N2O4/c1-2-12-15-9-7-8(3-4-10(9)19-12)14-11(16)5-6-13(17)18/h3-7H,2H2,1H3,(H,14,16)(H,17,18)/b6-5+. The summed E-state index contributed by atoms with van der Waals surface area (Å²) < 4.78 is 5.44. The highest BCUT2D eigenvalue weighted by Crippen LogP contribution is 2.20. The predicted molar refractivity (Wildman–Crippen MR) is 68.8 cm³/mol. The summed E-state index contributed by atoms with van der Waals surface area (Å²) in [5.74, 6) is -1.06. The van der Waals surface area contributed by atoms with Gasteiger partial charge in [-0.15, -0.1) is 0 Å². The van der Waals surface area contributed by atoms with Gasteiger partial charge in [0.1, 0.15) is 5.52 Å². The largest absolute Gasteiger partial charge is 0.478 e. The molecule has 0 aliphatic heterocycles. The molecule has 6 heteroatoms. The maximum Gasteiger partial charge on any atom is 0.328 e. The maximum atomic E-state index is 11.4. The number of carboxylic acid groups (broad SMARTS) is 1. The maximum absolute atomic E-state index is 11.4. The van der Waals surface area contributed by atoms with Gasteiger partial charge in [-0.3, -0.25) is 4.79 Å². The minimum absolute atomic E-state index is 0.513. The second-order valence-corrected chi connectivity index (χ2v) is 3.80. The van der Waals surface area contributed by atoms with Gasteiger partial charge in [0.25, 0.3) is 0 Å². The van der Waals surface area contributed by atoms with Gasteiger partial charge >= 0.3 is 5.97 Å². The average Bonchev–Trinajstić information content (AvgIpc) is 2.78. The fourth-order valence-electron chi connectivity index (χ4n) is 1.54. The van der Waals surface area contributed by atoms with Crippen molar-refractivity contribution in [2.45, 2.75) is 13.3 Å². The van der Waals surface area contributed by atoms with E-state index in [0.29, 0.717) is 29.1 Å². The lowest BCUT2D eigenvalue weighted by atomic mass is 10.3. The number of carbonyl (C=O) groups excluding carboxylic acids is 1. The second kappa shape index (κ2) is 5.34. The van der Waals surface area contributed by atoms with E-state index in [-0.39, 0.29) is 0 Å². The molecule has 0 saturated carbocycles. The molecule has 98 valence electrons. The van der Waals surface area contributed by atoms with Gasteiger partial charge in [-0.25, -0.2) is 9.78 Å². The summed E-state index contributed by atoms with van der Waals surface area (Å²) in [5.41, 5.74) is 1.83. The third kappa shape index (κ3) is 3.19. The molecule has 1 aromatic carbocycles. The third-order valence-electron chi connectivity index (χ3n) is 2.38. The topological polar surface area (TPSA) is 92.4 Å². The molecule has 0 unspecified atom stereocenters. The van der Waals surface area contributed by atoms with E-state index in [0.717, 1.165) is 12.2 Å². The number of carboxylic acids is 1. The first-order valence-electron chi connectivity index (χ1n) is 5.70. The smallest absolute Gasteiger partial charge is 0.328 e. The second-order valence-electron chi connectivity index (χ2n) is 3.80. The minimum Gasteiger partial charge on any atom is -0.478 e. The van der Waals surface area contributed by atoms with Crippen molar-refractivity contribution in [3.63, 3.8) is 0 Å². The molecule has 19 heavy (non-hydrogen) atoms. The number of oxazole rings is 1. The summed E-state index contributed by atoms with van der Waals surface area (Å²) >= 11 is 0. The Balaban J connectivity index is 2.17. The molecule has 0 saturated heterocycles. The lowest BCUT2D eigenvalue weighted by molar-refractivity contribution is -0.131. The van der Waals surface area contributed by atoms with Crippen LogP contribution in [0.1, 0.15) is 12.8 Å². The predicted octanol–water partition coefficient (Wildman–Crippen LogP) is 1.97. The van der Waals surface area contributed by atoms with Crippen LogP contribution in [-0.2, 0) is 16.0 Å². The van der Waals surface area contributed by atoms with Gasteiger partial charge < -0.3 is 14.8 Å². The van der Waals surface area contributed by atoms with Crippen LogP contribution in [0.25, 0.3) is 11.1 Å². The number of fused-ring (bicyclic) bond motifs is 1. The van der Waals surface area contributed by atoms with Crippen molar-refractivity contribution >= 4 is 28.7 Å². The van der Waals surface area contributed by atoms with E-state index in [4.69, 9.17) is 9.52 Å². The number of hydrogen-bond donors (Lipinski definition) is 2. The van der Waals surface area contributed by atoms with Gasteiger partial charge in [0.05, 0.1) is 0 Å². The molecule has 2 N–H and O–H groups in total. The molecule has 1 heterocycles. The minimum atomic E-state index is -1.17. The Hall–Kier alpha value is -2.63. The van der Waals surface area contributed by atoms with Crippen LogP contribution in [0.4, 0.5) is 5.69 Å². The molecular formula is C13H12N2O4. The van der Waals surface area contributed by atoms with Crippen LogP contribution in [0.2, 0.25) is 0 Å². The summed E-state index contributed by atoms with van der Waals surface area (Å²) in [6, 6.07) is 5.04. The third-order valence-corrected chi connectivity index (χ3v) is 2.38. The Bertz CT molecular complexity index is 658. The fraction of sp³-hybridized carbons (Fsp3) is 0.154. The van der Waals surface area contributed by atoms with Gasteiger partial charge in [-0.1, -0.05) is 6.92 Å². The van der Waals surface area contributed by atoms with Crippen molar-refractivity contribution in [1.82, 2.24) is 4.98 Å². The van der Waals surface area contributed by atoms with Crippen molar-refractivity contribution < 1.29 is 19.1 Å². The summed E-state index contributed by atoms with van der Waals surface area (Å²) in [5, 5.41) is 11.0. The van der Waals surface area contributed by atoms with Crippen molar-refractivity contribution in [3.05, 3.63) is 36.2 Å². The van der Waals surface area contributed by atoms with Crippen LogP contribution in [0.3, 0.4) is 0 Å². The molecule has 1 aromatic heterocycles. The van der Waals surface area contributed by atoms with Crippen LogP contribution < -0.4 is 5.32 Å². The highest BCUT2D eigenvalue weighted by molar-refractivity contribution is 6.02. The van der Waals surface area contributed by atoms with E-state index < -0.39 is 11.9 Å². The van der Waals surface area contributed by atoms with Crippen molar-refractivity contribution in [2.24, 2.45) is 0 Å². The van der Waals surface area contributed by atoms with E-state index in [1.807, 2.05) is 6.92 Å². The quantitative estimate of drug-likeness (QED) is 0.820. The number of benzene rings is 1.